The Morgan fingerprint density at radius 1 is 1.33 bits per heavy atom. The fourth-order valence-electron chi connectivity index (χ4n) is 3.32. The predicted molar refractivity (Wildman–Crippen MR) is 86.0 cm³/mol. The van der Waals surface area contributed by atoms with Gasteiger partial charge in [0, 0.05) is 5.92 Å². The Morgan fingerprint density at radius 2 is 2.10 bits per heavy atom. The van der Waals surface area contributed by atoms with Crippen molar-refractivity contribution in [2.75, 3.05) is 7.11 Å². The van der Waals surface area contributed by atoms with Gasteiger partial charge in [-0.3, -0.25) is 4.79 Å². The van der Waals surface area contributed by atoms with Crippen molar-refractivity contribution in [1.29, 1.82) is 0 Å². The van der Waals surface area contributed by atoms with Crippen molar-refractivity contribution < 1.29 is 9.53 Å². The van der Waals surface area contributed by atoms with Gasteiger partial charge in [0.2, 0.25) is 0 Å². The second-order valence-corrected chi connectivity index (χ2v) is 6.10. The van der Waals surface area contributed by atoms with Crippen LogP contribution in [0.25, 0.3) is 0 Å². The molecule has 114 valence electrons. The van der Waals surface area contributed by atoms with E-state index in [1.807, 2.05) is 24.5 Å². The third-order valence-corrected chi connectivity index (χ3v) is 4.53. The van der Waals surface area contributed by atoms with Crippen LogP contribution in [0.2, 0.25) is 0 Å². The molecule has 1 aromatic carbocycles. The van der Waals surface area contributed by atoms with Crippen LogP contribution in [0.3, 0.4) is 0 Å². The van der Waals surface area contributed by atoms with E-state index in [2.05, 4.69) is 12.1 Å². The zero-order valence-corrected chi connectivity index (χ0v) is 13.2. The van der Waals surface area contributed by atoms with Crippen LogP contribution in [-0.4, -0.2) is 12.9 Å². The van der Waals surface area contributed by atoms with Crippen molar-refractivity contribution in [3.8, 4) is 0 Å². The molecule has 0 bridgehead atoms. The summed E-state index contributed by atoms with van der Waals surface area (Å²) in [6.07, 6.45) is 8.54. The molecule has 1 fully saturated rings. The quantitative estimate of drug-likeness (QED) is 0.717. The maximum Gasteiger partial charge on any atom is 0.133 e. The highest BCUT2D eigenvalue weighted by Gasteiger charge is 2.25. The van der Waals surface area contributed by atoms with E-state index >= 15 is 0 Å². The molecule has 1 saturated carbocycles. The van der Waals surface area contributed by atoms with Crippen LogP contribution < -0.4 is 0 Å². The van der Waals surface area contributed by atoms with Gasteiger partial charge in [-0.05, 0) is 56.1 Å². The third kappa shape index (κ3) is 4.73. The van der Waals surface area contributed by atoms with E-state index in [1.54, 1.807) is 14.0 Å². The number of hydrogen-bond donors (Lipinski definition) is 0. The van der Waals surface area contributed by atoms with E-state index in [-0.39, 0.29) is 5.92 Å². The van der Waals surface area contributed by atoms with E-state index in [0.29, 0.717) is 11.7 Å². The second-order valence-electron chi connectivity index (χ2n) is 6.10. The summed E-state index contributed by atoms with van der Waals surface area (Å²) in [5.74, 6) is 0.938. The molecule has 0 aliphatic heterocycles. The molecule has 0 saturated heterocycles. The number of ketones is 1. The van der Waals surface area contributed by atoms with Crippen LogP contribution >= 0.6 is 0 Å². The molecular weight excluding hydrogens is 260 g/mol. The van der Waals surface area contributed by atoms with Gasteiger partial charge in [0.15, 0.2) is 0 Å². The minimum Gasteiger partial charge on any atom is -0.504 e. The van der Waals surface area contributed by atoms with Crippen molar-refractivity contribution in [2.45, 2.75) is 45.4 Å². The fourth-order valence-corrected chi connectivity index (χ4v) is 3.32. The van der Waals surface area contributed by atoms with E-state index < -0.39 is 0 Å². The van der Waals surface area contributed by atoms with E-state index in [0.717, 1.165) is 19.3 Å². The van der Waals surface area contributed by atoms with Gasteiger partial charge >= 0.3 is 0 Å². The summed E-state index contributed by atoms with van der Waals surface area (Å²) in [5.41, 5.74) is 2.65. The average Bonchev–Trinajstić information content (AvgIpc) is 2.49. The molecule has 0 aromatic heterocycles. The lowest BCUT2D eigenvalue weighted by Crippen LogP contribution is -2.21. The van der Waals surface area contributed by atoms with Gasteiger partial charge in [-0.15, -0.1) is 0 Å². The molecule has 0 N–H and O–H groups in total. The van der Waals surface area contributed by atoms with Gasteiger partial charge in [0.05, 0.1) is 13.4 Å². The van der Waals surface area contributed by atoms with Gasteiger partial charge in [-0.25, -0.2) is 0 Å². The first-order valence-corrected chi connectivity index (χ1v) is 7.96. The molecule has 2 atom stereocenters. The Morgan fingerprint density at radius 3 is 2.76 bits per heavy atom. The fraction of sp³-hybridized carbons (Fsp3) is 0.526. The summed E-state index contributed by atoms with van der Waals surface area (Å²) in [6.45, 7) is 1.73. The summed E-state index contributed by atoms with van der Waals surface area (Å²) in [6, 6.07) is 10.3. The molecule has 21 heavy (non-hydrogen) atoms. The molecule has 0 radical (unpaired) electrons. The van der Waals surface area contributed by atoms with E-state index in [4.69, 9.17) is 4.74 Å². The number of benzene rings is 1. The van der Waals surface area contributed by atoms with Crippen LogP contribution in [0.4, 0.5) is 0 Å². The van der Waals surface area contributed by atoms with Crippen LogP contribution in [-0.2, 0) is 16.0 Å². The molecule has 2 unspecified atom stereocenters. The first kappa shape index (κ1) is 15.8. The lowest BCUT2D eigenvalue weighted by molar-refractivity contribution is -0.121. The first-order valence-electron chi connectivity index (χ1n) is 7.96. The number of allylic oxidation sites excluding steroid dienone is 1. The molecule has 0 amide bonds. The smallest absolute Gasteiger partial charge is 0.133 e. The van der Waals surface area contributed by atoms with Crippen LogP contribution in [0, 0.1) is 11.8 Å². The Hall–Kier alpha value is -1.57. The number of carbonyl (C=O) groups excluding carboxylic acids is 1. The predicted octanol–water partition coefficient (Wildman–Crippen LogP) is 4.54. The Labute approximate surface area is 128 Å². The van der Waals surface area contributed by atoms with Gasteiger partial charge in [-0.2, -0.15) is 0 Å². The van der Waals surface area contributed by atoms with Gasteiger partial charge in [-0.1, -0.05) is 36.8 Å². The highest BCUT2D eigenvalue weighted by Crippen LogP contribution is 2.35. The molecular formula is C19H26O2. The van der Waals surface area contributed by atoms with Gasteiger partial charge in [0.25, 0.3) is 0 Å². The summed E-state index contributed by atoms with van der Waals surface area (Å²) < 4.78 is 5.22. The molecule has 1 aromatic rings. The van der Waals surface area contributed by atoms with Crippen molar-refractivity contribution in [2.24, 2.45) is 11.8 Å². The minimum absolute atomic E-state index is 0.121. The maximum atomic E-state index is 12.0. The van der Waals surface area contributed by atoms with Crippen LogP contribution in [0.1, 0.15) is 44.6 Å². The number of rotatable bonds is 6. The van der Waals surface area contributed by atoms with E-state index in [9.17, 15) is 4.79 Å². The van der Waals surface area contributed by atoms with E-state index in [1.165, 1.54) is 30.4 Å². The Bertz CT molecular complexity index is 476. The van der Waals surface area contributed by atoms with Crippen LogP contribution in [0.5, 0.6) is 0 Å². The lowest BCUT2D eigenvalue weighted by Gasteiger charge is -2.28. The monoisotopic (exact) mass is 286 g/mol. The zero-order valence-electron chi connectivity index (χ0n) is 13.2. The zero-order chi connectivity index (χ0) is 15.1. The van der Waals surface area contributed by atoms with Crippen molar-refractivity contribution in [1.82, 2.24) is 0 Å². The first-order chi connectivity index (χ1) is 10.2. The van der Waals surface area contributed by atoms with Crippen LogP contribution in [0.15, 0.2) is 42.2 Å². The normalized spacial score (nSPS) is 22.0. The largest absolute Gasteiger partial charge is 0.504 e. The third-order valence-electron chi connectivity index (χ3n) is 4.53. The molecule has 1 aliphatic carbocycles. The molecule has 2 heteroatoms. The highest BCUT2D eigenvalue weighted by molar-refractivity contribution is 5.78. The summed E-state index contributed by atoms with van der Waals surface area (Å²) in [4.78, 5) is 12.0. The number of carbonyl (C=O) groups is 1. The van der Waals surface area contributed by atoms with Crippen molar-refractivity contribution in [3.63, 3.8) is 0 Å². The topological polar surface area (TPSA) is 26.3 Å². The molecule has 2 nitrogen and oxygen atoms in total. The standard InChI is InChI=1S/C19H26O2/c1-15(20)19(12-16-8-4-3-5-9-16)13-17-10-6-7-11-18(17)14-21-2/h3-5,8-9,14,17,19H,6-7,10-13H2,1-2H3/b18-14-. The molecule has 0 heterocycles. The SMILES string of the molecule is CO/C=C1/CCCCC1CC(Cc1ccccc1)C(C)=O. The van der Waals surface area contributed by atoms with Gasteiger partial charge < -0.3 is 4.74 Å². The lowest BCUT2D eigenvalue weighted by atomic mass is 9.77. The average molecular weight is 286 g/mol. The summed E-state index contributed by atoms with van der Waals surface area (Å²) in [7, 11) is 1.71. The highest BCUT2D eigenvalue weighted by atomic mass is 16.5. The maximum absolute atomic E-state index is 12.0. The number of hydrogen-bond acceptors (Lipinski definition) is 2. The molecule has 0 spiro atoms. The number of ether oxygens (including phenoxy) is 1. The molecule has 1 aliphatic rings. The Kier molecular flexibility index (Phi) is 6.04. The number of methoxy groups -OCH3 is 1. The summed E-state index contributed by atoms with van der Waals surface area (Å²) in [5, 5.41) is 0. The summed E-state index contributed by atoms with van der Waals surface area (Å²) >= 11 is 0. The minimum atomic E-state index is 0.121. The molecule has 2 rings (SSSR count). The second kappa shape index (κ2) is 8.02. The Balaban J connectivity index is 2.05. The van der Waals surface area contributed by atoms with Gasteiger partial charge in [0.1, 0.15) is 5.78 Å². The van der Waals surface area contributed by atoms with Crippen molar-refractivity contribution >= 4 is 5.78 Å². The van der Waals surface area contributed by atoms with Crippen molar-refractivity contribution in [3.05, 3.63) is 47.7 Å². The number of Topliss-reactive ketones (excluding diaryl/α,β-unsaturated/α-hetero) is 1.